The molecule has 0 bridgehead atoms. The Labute approximate surface area is 180 Å². The van der Waals surface area contributed by atoms with Crippen LogP contribution < -0.4 is 10.2 Å². The molecule has 0 aliphatic carbocycles. The number of carbonyl (C=O) groups is 1. The highest BCUT2D eigenvalue weighted by Crippen LogP contribution is 2.25. The van der Waals surface area contributed by atoms with Gasteiger partial charge < -0.3 is 9.64 Å². The smallest absolute Gasteiger partial charge is 0.411 e. The van der Waals surface area contributed by atoms with Gasteiger partial charge in [0.2, 0.25) is 0 Å². The van der Waals surface area contributed by atoms with Gasteiger partial charge in [0.1, 0.15) is 6.10 Å². The summed E-state index contributed by atoms with van der Waals surface area (Å²) in [6, 6.07) is 12.6. The lowest BCUT2D eigenvalue weighted by Gasteiger charge is -2.23. The predicted molar refractivity (Wildman–Crippen MR) is 122 cm³/mol. The molecule has 0 fully saturated rings. The Hall–Kier alpha value is -2.54. The zero-order valence-electron chi connectivity index (χ0n) is 18.6. The second kappa shape index (κ2) is 9.98. The quantitative estimate of drug-likeness (QED) is 0.636. The molecule has 1 N–H and O–H groups in total. The summed E-state index contributed by atoms with van der Waals surface area (Å²) in [5.74, 6) is -0.0875. The van der Waals surface area contributed by atoms with Crippen LogP contribution in [0.4, 0.5) is 16.2 Å². The lowest BCUT2D eigenvalue weighted by Crippen LogP contribution is -2.25. The first kappa shape index (κ1) is 23.7. The number of benzene rings is 2. The highest BCUT2D eigenvalue weighted by Gasteiger charge is 2.20. The molecule has 0 heterocycles. The molecule has 0 aliphatic rings. The van der Waals surface area contributed by atoms with Crippen molar-refractivity contribution in [2.24, 2.45) is 0 Å². The van der Waals surface area contributed by atoms with E-state index in [1.54, 1.807) is 24.3 Å². The minimum absolute atomic E-state index is 0.0875. The molecule has 6 nitrogen and oxygen atoms in total. The first-order valence-electron chi connectivity index (χ1n) is 10.2. The molecule has 0 spiro atoms. The van der Waals surface area contributed by atoms with Gasteiger partial charge in [0, 0.05) is 36.6 Å². The number of hydrogen-bond acceptors (Lipinski definition) is 5. The van der Waals surface area contributed by atoms with Gasteiger partial charge >= 0.3 is 6.09 Å². The maximum Gasteiger partial charge on any atom is 0.411 e. The molecule has 2 unspecified atom stereocenters. The summed E-state index contributed by atoms with van der Waals surface area (Å²) in [6.07, 6.45) is 0.281. The number of hydrogen-bond donors (Lipinski definition) is 1. The summed E-state index contributed by atoms with van der Waals surface area (Å²) in [7, 11) is -3.23. The largest absolute Gasteiger partial charge is 0.446 e. The summed E-state index contributed by atoms with van der Waals surface area (Å²) >= 11 is 0. The molecule has 1 amide bonds. The zero-order valence-corrected chi connectivity index (χ0v) is 19.4. The van der Waals surface area contributed by atoms with E-state index in [0.717, 1.165) is 29.9 Å². The van der Waals surface area contributed by atoms with Gasteiger partial charge in [-0.3, -0.25) is 5.32 Å². The molecule has 2 aromatic rings. The topological polar surface area (TPSA) is 75.7 Å². The molecule has 2 aromatic carbocycles. The molecule has 2 atom stereocenters. The normalized spacial score (nSPS) is 13.4. The molecule has 30 heavy (non-hydrogen) atoms. The van der Waals surface area contributed by atoms with Crippen LogP contribution in [0.1, 0.15) is 44.7 Å². The fourth-order valence-corrected chi connectivity index (χ4v) is 3.90. The summed E-state index contributed by atoms with van der Waals surface area (Å²) in [4.78, 5) is 14.9. The Bertz CT molecular complexity index is 967. The summed E-state index contributed by atoms with van der Waals surface area (Å²) in [5, 5.41) is 2.82. The Morgan fingerprint density at radius 2 is 1.67 bits per heavy atom. The van der Waals surface area contributed by atoms with E-state index >= 15 is 0 Å². The average Bonchev–Trinajstić information content (AvgIpc) is 2.69. The van der Waals surface area contributed by atoms with Gasteiger partial charge in [-0.2, -0.15) is 0 Å². The molecule has 0 radical (unpaired) electrons. The maximum absolute atomic E-state index is 12.4. The third kappa shape index (κ3) is 5.98. The number of nitrogens with one attached hydrogen (secondary N) is 1. The average molecular weight is 433 g/mol. The number of rotatable bonds is 8. The van der Waals surface area contributed by atoms with Crippen LogP contribution in [0, 0.1) is 6.92 Å². The van der Waals surface area contributed by atoms with Crippen LogP contribution in [-0.4, -0.2) is 40.0 Å². The van der Waals surface area contributed by atoms with Crippen LogP contribution in [0.15, 0.2) is 47.4 Å². The zero-order chi connectivity index (χ0) is 22.5. The third-order valence-corrected chi connectivity index (χ3v) is 6.53. The maximum atomic E-state index is 12.4. The highest BCUT2D eigenvalue weighted by molar-refractivity contribution is 7.90. The summed E-state index contributed by atoms with van der Waals surface area (Å²) < 4.78 is 28.8. The van der Waals surface area contributed by atoms with E-state index in [4.69, 9.17) is 4.74 Å². The molecular weight excluding hydrogens is 400 g/mol. The number of aryl methyl sites for hydroxylation is 1. The van der Waals surface area contributed by atoms with Crippen LogP contribution in [0.5, 0.6) is 0 Å². The number of ether oxygens (including phenoxy) is 1. The van der Waals surface area contributed by atoms with Gasteiger partial charge in [0.05, 0.1) is 4.90 Å². The van der Waals surface area contributed by atoms with Crippen molar-refractivity contribution in [3.05, 3.63) is 53.6 Å². The highest BCUT2D eigenvalue weighted by atomic mass is 32.2. The van der Waals surface area contributed by atoms with Crippen molar-refractivity contribution < 1.29 is 17.9 Å². The molecular formula is C23H32N2O4S. The molecule has 0 aliphatic heterocycles. The third-order valence-electron chi connectivity index (χ3n) is 5.41. The minimum atomic E-state index is -3.23. The Kier molecular flexibility index (Phi) is 7.89. The summed E-state index contributed by atoms with van der Waals surface area (Å²) in [6.45, 7) is 11.8. The lowest BCUT2D eigenvalue weighted by atomic mass is 9.96. The van der Waals surface area contributed by atoms with E-state index in [1.165, 1.54) is 6.26 Å². The molecule has 0 saturated heterocycles. The van der Waals surface area contributed by atoms with Gasteiger partial charge in [0.15, 0.2) is 9.84 Å². The number of carbonyl (C=O) groups excluding carboxylic acids is 1. The fraction of sp³-hybridized carbons (Fsp3) is 0.435. The van der Waals surface area contributed by atoms with Crippen LogP contribution in [0.25, 0.3) is 0 Å². The predicted octanol–water partition coefficient (Wildman–Crippen LogP) is 4.99. The number of anilines is 2. The first-order valence-corrected chi connectivity index (χ1v) is 12.1. The number of nitrogens with zero attached hydrogens (tertiary/aromatic N) is 1. The molecule has 7 heteroatoms. The fourth-order valence-electron chi connectivity index (χ4n) is 3.27. The number of sulfone groups is 1. The van der Waals surface area contributed by atoms with Crippen LogP contribution in [-0.2, 0) is 14.6 Å². The van der Waals surface area contributed by atoms with Gasteiger partial charge in [-0.1, -0.05) is 19.1 Å². The van der Waals surface area contributed by atoms with E-state index in [9.17, 15) is 13.2 Å². The van der Waals surface area contributed by atoms with E-state index in [1.807, 2.05) is 32.9 Å². The van der Waals surface area contributed by atoms with Crippen molar-refractivity contribution in [2.75, 3.05) is 29.6 Å². The van der Waals surface area contributed by atoms with Crippen molar-refractivity contribution in [3.63, 3.8) is 0 Å². The second-order valence-electron chi connectivity index (χ2n) is 7.54. The molecule has 164 valence electrons. The number of amides is 1. The van der Waals surface area contributed by atoms with Crippen molar-refractivity contribution in [2.45, 2.75) is 51.5 Å². The van der Waals surface area contributed by atoms with Crippen LogP contribution in [0.2, 0.25) is 0 Å². The molecule has 0 aromatic heterocycles. The Morgan fingerprint density at radius 3 is 2.17 bits per heavy atom. The molecule has 0 saturated carbocycles. The van der Waals surface area contributed by atoms with Crippen LogP contribution >= 0.6 is 0 Å². The SMILES string of the molecule is CCN(CC)c1ccc(NC(=O)OC(C)C(C)c2ccc(S(C)(=O)=O)cc2)c(C)c1. The second-order valence-corrected chi connectivity index (χ2v) is 9.55. The van der Waals surface area contributed by atoms with E-state index in [-0.39, 0.29) is 16.9 Å². The van der Waals surface area contributed by atoms with Gasteiger partial charge in [0.25, 0.3) is 0 Å². The van der Waals surface area contributed by atoms with Gasteiger partial charge in [-0.05, 0) is 69.2 Å². The Morgan fingerprint density at radius 1 is 1.07 bits per heavy atom. The van der Waals surface area contributed by atoms with Gasteiger partial charge in [-0.25, -0.2) is 13.2 Å². The van der Waals surface area contributed by atoms with E-state index in [2.05, 4.69) is 30.1 Å². The van der Waals surface area contributed by atoms with Gasteiger partial charge in [-0.15, -0.1) is 0 Å². The van der Waals surface area contributed by atoms with Crippen molar-refractivity contribution >= 4 is 27.3 Å². The van der Waals surface area contributed by atoms with Crippen LogP contribution in [0.3, 0.4) is 0 Å². The van der Waals surface area contributed by atoms with Crippen molar-refractivity contribution in [3.8, 4) is 0 Å². The minimum Gasteiger partial charge on any atom is -0.446 e. The van der Waals surface area contributed by atoms with Crippen molar-refractivity contribution in [1.29, 1.82) is 0 Å². The van der Waals surface area contributed by atoms with E-state index in [0.29, 0.717) is 5.69 Å². The van der Waals surface area contributed by atoms with E-state index < -0.39 is 15.9 Å². The molecule has 2 rings (SSSR count). The first-order chi connectivity index (χ1) is 14.1. The van der Waals surface area contributed by atoms with Crippen molar-refractivity contribution in [1.82, 2.24) is 0 Å². The standard InChI is InChI=1S/C23H32N2O4S/c1-7-25(8-2)20-11-14-22(16(3)15-20)24-23(26)29-18(5)17(4)19-9-12-21(13-10-19)30(6,27)28/h9-15,17-18H,7-8H2,1-6H3,(H,24,26). The summed E-state index contributed by atoms with van der Waals surface area (Å²) in [5.41, 5.74) is 3.71. The lowest BCUT2D eigenvalue weighted by molar-refractivity contribution is 0.107. The Balaban J connectivity index is 2.02. The monoisotopic (exact) mass is 432 g/mol.